The van der Waals surface area contributed by atoms with Gasteiger partial charge < -0.3 is 28.3 Å². The second-order valence-electron chi connectivity index (χ2n) is 5.68. The van der Waals surface area contributed by atoms with Gasteiger partial charge in [0.05, 0.1) is 32.6 Å². The maximum absolute atomic E-state index is 12.3. The maximum atomic E-state index is 12.3. The van der Waals surface area contributed by atoms with Crippen LogP contribution in [0.3, 0.4) is 0 Å². The van der Waals surface area contributed by atoms with Gasteiger partial charge in [-0.05, 0) is 18.6 Å². The lowest BCUT2D eigenvalue weighted by atomic mass is 10.2. The lowest BCUT2D eigenvalue weighted by Crippen LogP contribution is -2.17. The van der Waals surface area contributed by atoms with Crippen LogP contribution >= 0.6 is 11.6 Å². The Morgan fingerprint density at radius 3 is 2.77 bits per heavy atom. The summed E-state index contributed by atoms with van der Waals surface area (Å²) in [5.41, 5.74) is 1.05. The number of hydrogen-bond donors (Lipinski definition) is 0. The Kier molecular flexibility index (Phi) is 4.71. The largest absolute Gasteiger partial charge is 0.461 e. The molecule has 26 heavy (non-hydrogen) atoms. The van der Waals surface area contributed by atoms with Crippen molar-refractivity contribution in [3.05, 3.63) is 40.4 Å². The Balaban J connectivity index is 1.72. The zero-order valence-electron chi connectivity index (χ0n) is 14.1. The van der Waals surface area contributed by atoms with Crippen LogP contribution in [0.2, 0.25) is 5.02 Å². The smallest absolute Gasteiger partial charge is 0.356 e. The van der Waals surface area contributed by atoms with E-state index in [-0.39, 0.29) is 19.9 Å². The van der Waals surface area contributed by atoms with Crippen molar-refractivity contribution in [3.8, 4) is 11.5 Å². The molecule has 2 aliphatic heterocycles. The van der Waals surface area contributed by atoms with Gasteiger partial charge >= 0.3 is 5.97 Å². The van der Waals surface area contributed by atoms with Crippen molar-refractivity contribution < 1.29 is 28.5 Å². The van der Waals surface area contributed by atoms with Gasteiger partial charge in [0.2, 0.25) is 13.1 Å². The SMILES string of the molecule is CCOC(=O)c1cnc(C2OCCO2)n1Cc1cc2c(cc1Cl)OCO2. The number of aromatic nitrogens is 2. The molecule has 8 nitrogen and oxygen atoms in total. The van der Waals surface area contributed by atoms with Gasteiger partial charge in [-0.25, -0.2) is 9.78 Å². The van der Waals surface area contributed by atoms with E-state index in [1.807, 2.05) is 0 Å². The lowest BCUT2D eigenvalue weighted by molar-refractivity contribution is -0.0528. The molecule has 4 rings (SSSR count). The van der Waals surface area contributed by atoms with Crippen molar-refractivity contribution in [3.63, 3.8) is 0 Å². The first-order valence-corrected chi connectivity index (χ1v) is 8.59. The van der Waals surface area contributed by atoms with Crippen LogP contribution in [0.5, 0.6) is 11.5 Å². The number of halogens is 1. The molecule has 0 atom stereocenters. The number of benzene rings is 1. The van der Waals surface area contributed by atoms with Gasteiger partial charge in [-0.3, -0.25) is 0 Å². The first-order valence-electron chi connectivity index (χ1n) is 8.21. The molecule has 0 spiro atoms. The minimum Gasteiger partial charge on any atom is -0.461 e. The summed E-state index contributed by atoms with van der Waals surface area (Å²) in [6.45, 7) is 3.39. The van der Waals surface area contributed by atoms with E-state index in [1.165, 1.54) is 6.20 Å². The summed E-state index contributed by atoms with van der Waals surface area (Å²) in [5, 5.41) is 0.497. The third-order valence-electron chi connectivity index (χ3n) is 4.07. The Bertz CT molecular complexity index is 831. The third-order valence-corrected chi connectivity index (χ3v) is 4.43. The number of carbonyl (C=O) groups is 1. The summed E-state index contributed by atoms with van der Waals surface area (Å²) in [6.07, 6.45) is 0.824. The van der Waals surface area contributed by atoms with Crippen LogP contribution in [0, 0.1) is 0 Å². The van der Waals surface area contributed by atoms with Crippen LogP contribution < -0.4 is 9.47 Å². The Morgan fingerprint density at radius 1 is 1.31 bits per heavy atom. The van der Waals surface area contributed by atoms with Gasteiger partial charge in [0.15, 0.2) is 17.3 Å². The molecular formula is C17H17ClN2O6. The molecule has 0 saturated carbocycles. The molecule has 1 aromatic heterocycles. The predicted molar refractivity (Wildman–Crippen MR) is 89.5 cm³/mol. The minimum absolute atomic E-state index is 0.156. The number of esters is 1. The maximum Gasteiger partial charge on any atom is 0.356 e. The van der Waals surface area contributed by atoms with E-state index in [1.54, 1.807) is 23.6 Å². The normalized spacial score (nSPS) is 16.2. The van der Waals surface area contributed by atoms with Crippen LogP contribution in [0.15, 0.2) is 18.3 Å². The summed E-state index contributed by atoms with van der Waals surface area (Å²) in [5.74, 6) is 1.22. The molecule has 1 aromatic carbocycles. The van der Waals surface area contributed by atoms with Crippen molar-refractivity contribution in [2.75, 3.05) is 26.6 Å². The van der Waals surface area contributed by atoms with E-state index >= 15 is 0 Å². The number of nitrogens with zero attached hydrogens (tertiary/aromatic N) is 2. The van der Waals surface area contributed by atoms with Crippen LogP contribution in [0.25, 0.3) is 0 Å². The number of fused-ring (bicyclic) bond motifs is 1. The van der Waals surface area contributed by atoms with E-state index in [4.69, 9.17) is 35.3 Å². The number of hydrogen-bond acceptors (Lipinski definition) is 7. The standard InChI is InChI=1S/C17H17ClN2O6/c1-2-22-16(21)12-7-19-15(17-23-3-4-24-17)20(12)8-10-5-13-14(6-11(10)18)26-9-25-13/h5-7,17H,2-4,8-9H2,1H3. The molecule has 9 heteroatoms. The molecule has 2 aliphatic rings. The predicted octanol–water partition coefficient (Wildman–Crippen LogP) is 2.54. The molecule has 0 bridgehead atoms. The average molecular weight is 381 g/mol. The molecule has 3 heterocycles. The summed E-state index contributed by atoms with van der Waals surface area (Å²) in [4.78, 5) is 16.6. The fraction of sp³-hybridized carbons (Fsp3) is 0.412. The van der Waals surface area contributed by atoms with Crippen LogP contribution in [-0.2, 0) is 20.8 Å². The second-order valence-corrected chi connectivity index (χ2v) is 6.09. The second kappa shape index (κ2) is 7.14. The van der Waals surface area contributed by atoms with E-state index in [0.717, 1.165) is 5.56 Å². The molecule has 0 unspecified atom stereocenters. The van der Waals surface area contributed by atoms with E-state index < -0.39 is 12.3 Å². The summed E-state index contributed by atoms with van der Waals surface area (Å²) in [6, 6.07) is 3.49. The van der Waals surface area contributed by atoms with Gasteiger partial charge in [0.1, 0.15) is 5.69 Å². The van der Waals surface area contributed by atoms with Crippen molar-refractivity contribution in [1.82, 2.24) is 9.55 Å². The summed E-state index contributed by atoms with van der Waals surface area (Å²) >= 11 is 6.38. The Morgan fingerprint density at radius 2 is 2.04 bits per heavy atom. The summed E-state index contributed by atoms with van der Waals surface area (Å²) < 4.78 is 28.6. The van der Waals surface area contributed by atoms with Crippen molar-refractivity contribution >= 4 is 17.6 Å². The van der Waals surface area contributed by atoms with Gasteiger partial charge in [-0.15, -0.1) is 0 Å². The molecule has 1 fully saturated rings. The molecule has 0 amide bonds. The Labute approximate surface area is 154 Å². The molecule has 138 valence electrons. The molecule has 0 N–H and O–H groups in total. The van der Waals surface area contributed by atoms with Crippen molar-refractivity contribution in [2.24, 2.45) is 0 Å². The molecular weight excluding hydrogens is 364 g/mol. The monoisotopic (exact) mass is 380 g/mol. The molecule has 0 radical (unpaired) electrons. The molecule has 1 saturated heterocycles. The van der Waals surface area contributed by atoms with E-state index in [9.17, 15) is 4.79 Å². The first kappa shape index (κ1) is 17.1. The van der Waals surface area contributed by atoms with Crippen LogP contribution in [0.4, 0.5) is 0 Å². The Hall–Kier alpha value is -2.29. The van der Waals surface area contributed by atoms with Crippen molar-refractivity contribution in [2.45, 2.75) is 19.8 Å². The van der Waals surface area contributed by atoms with Crippen molar-refractivity contribution in [1.29, 1.82) is 0 Å². The summed E-state index contributed by atoms with van der Waals surface area (Å²) in [7, 11) is 0. The zero-order chi connectivity index (χ0) is 18.1. The molecule has 2 aromatic rings. The third kappa shape index (κ3) is 3.11. The fourth-order valence-electron chi connectivity index (χ4n) is 2.87. The average Bonchev–Trinajstić information content (AvgIpc) is 3.35. The first-order chi connectivity index (χ1) is 12.7. The highest BCUT2D eigenvalue weighted by Gasteiger charge is 2.28. The minimum atomic E-state index is -0.633. The van der Waals surface area contributed by atoms with E-state index in [2.05, 4.69) is 4.98 Å². The van der Waals surface area contributed by atoms with Gasteiger partial charge in [0.25, 0.3) is 0 Å². The van der Waals surface area contributed by atoms with Gasteiger partial charge in [-0.2, -0.15) is 0 Å². The highest BCUT2D eigenvalue weighted by Crippen LogP contribution is 2.37. The number of imidazole rings is 1. The van der Waals surface area contributed by atoms with Crippen LogP contribution in [-0.4, -0.2) is 42.1 Å². The van der Waals surface area contributed by atoms with Crippen LogP contribution in [0.1, 0.15) is 35.1 Å². The van der Waals surface area contributed by atoms with Gasteiger partial charge in [-0.1, -0.05) is 11.6 Å². The zero-order valence-corrected chi connectivity index (χ0v) is 14.8. The number of carbonyl (C=O) groups excluding carboxylic acids is 1. The van der Waals surface area contributed by atoms with Gasteiger partial charge in [0, 0.05) is 11.1 Å². The molecule has 0 aliphatic carbocycles. The fourth-order valence-corrected chi connectivity index (χ4v) is 3.08. The number of rotatable bonds is 5. The topological polar surface area (TPSA) is 81.0 Å². The van der Waals surface area contributed by atoms with E-state index in [0.29, 0.717) is 41.3 Å². The number of ether oxygens (including phenoxy) is 5. The highest BCUT2D eigenvalue weighted by molar-refractivity contribution is 6.31. The quantitative estimate of drug-likeness (QED) is 0.737. The lowest BCUT2D eigenvalue weighted by Gasteiger charge is -2.15. The highest BCUT2D eigenvalue weighted by atomic mass is 35.5.